The molecule has 0 saturated carbocycles. The van der Waals surface area contributed by atoms with Crippen LogP contribution in [-0.4, -0.2) is 37.4 Å². The SMILES string of the molecule is CC[n+]1c(C)n(C)c2cc(C)c(C)c(C)c21.CCn1c(C)[n+](C)c2c(C)c(C)c(C)c(C)c21.CCn1c(C)[n+](C)c2c(C)c(C)cc(C)c21.CCn1c(C)[n+](C)c2c(C)cc(C)c(C)c21.CCn1c(C)[n+](C)c2nc(C)ccc21.CCn1c(C)[n+](C)c2ncccc21. The Labute approximate surface area is 551 Å². The van der Waals surface area contributed by atoms with Gasteiger partial charge in [-0.15, -0.1) is 9.97 Å². The van der Waals surface area contributed by atoms with E-state index in [4.69, 9.17) is 0 Å². The van der Waals surface area contributed by atoms with E-state index in [1.54, 1.807) is 0 Å². The van der Waals surface area contributed by atoms with Gasteiger partial charge in [0, 0.05) is 80.5 Å². The number of hydrogen-bond acceptors (Lipinski definition) is 2. The van der Waals surface area contributed by atoms with Gasteiger partial charge in [0.15, 0.2) is 55.2 Å². The van der Waals surface area contributed by atoms with Crippen molar-refractivity contribution in [2.45, 2.75) is 219 Å². The minimum atomic E-state index is 0.994. The van der Waals surface area contributed by atoms with Crippen molar-refractivity contribution in [1.82, 2.24) is 37.4 Å². The fourth-order valence-electron chi connectivity index (χ4n) is 14.5. The number of hydrogen-bond donors (Lipinski definition) is 0. The Morgan fingerprint density at radius 1 is 0.337 bits per heavy atom. The van der Waals surface area contributed by atoms with Crippen LogP contribution in [0.3, 0.4) is 0 Å². The Hall–Kier alpha value is -8.00. The van der Waals surface area contributed by atoms with Gasteiger partial charge in [0.25, 0.3) is 23.3 Å². The largest absolute Gasteiger partial charge is 0.301 e. The summed E-state index contributed by atoms with van der Waals surface area (Å²) in [5.74, 6) is 7.81. The molecule has 0 aliphatic carbocycles. The number of nitrogens with zero attached hydrogens (tertiary/aromatic N) is 14. The minimum Gasteiger partial charge on any atom is -0.258 e. The molecule has 14 heteroatoms. The van der Waals surface area contributed by atoms with Gasteiger partial charge in [0.2, 0.25) is 11.6 Å². The molecule has 0 amide bonds. The summed E-state index contributed by atoms with van der Waals surface area (Å²) in [6.45, 7) is 63.2. The maximum Gasteiger partial charge on any atom is 0.301 e. The second-order valence-corrected chi connectivity index (χ2v) is 25.9. The quantitative estimate of drug-likeness (QED) is 0.156. The van der Waals surface area contributed by atoms with E-state index in [0.29, 0.717) is 0 Å². The van der Waals surface area contributed by atoms with E-state index in [1.165, 1.54) is 162 Å². The van der Waals surface area contributed by atoms with E-state index >= 15 is 0 Å². The highest BCUT2D eigenvalue weighted by Gasteiger charge is 2.28. The molecule has 92 heavy (non-hydrogen) atoms. The third kappa shape index (κ3) is 12.4. The van der Waals surface area contributed by atoms with Crippen LogP contribution in [0.15, 0.2) is 48.7 Å². The number of imidazole rings is 6. The zero-order chi connectivity index (χ0) is 68.7. The third-order valence-corrected chi connectivity index (χ3v) is 21.3. The second-order valence-electron chi connectivity index (χ2n) is 25.9. The van der Waals surface area contributed by atoms with E-state index in [0.717, 1.165) is 56.3 Å². The van der Waals surface area contributed by atoms with Crippen LogP contribution < -0.4 is 27.4 Å². The van der Waals surface area contributed by atoms with Crippen molar-refractivity contribution in [2.75, 3.05) is 0 Å². The summed E-state index contributed by atoms with van der Waals surface area (Å²) in [6, 6.07) is 15.2. The summed E-state index contributed by atoms with van der Waals surface area (Å²) in [5.41, 5.74) is 35.0. The van der Waals surface area contributed by atoms with Gasteiger partial charge in [-0.25, -0.2) is 45.7 Å². The van der Waals surface area contributed by atoms with Crippen LogP contribution in [0.4, 0.5) is 0 Å². The number of benzene rings is 4. The van der Waals surface area contributed by atoms with E-state index in [2.05, 4.69) is 317 Å². The fourth-order valence-corrected chi connectivity index (χ4v) is 14.5. The number of pyridine rings is 2. The average molecular weight is 1250 g/mol. The molecule has 12 rings (SSSR count). The number of aromatic nitrogens is 14. The standard InChI is InChI=1S/C15H23N2.3C14H21N2.C11H16N3.C10H14N3/c1-8-17-13(6)16(7)14-11(4)9(2)10(3)12(5)15(14)17;1-7-16-12(5)15(6)13-8-9(2)10(3)11(4)14(13)16;1-7-16-12(5)15(6)14-11(4)9(2)8-10(3)13(14)16;1-7-16-12(5)15(6)13-10(3)8-9(2)11(4)14(13)16;1-5-14-9(3)13(4)11-10(14)7-6-8(2)12-11;1-4-13-8(2)12(3)10-9(13)6-5-7-11-10/h8H2,1-7H3;3*8H,7H2,1-6H3;6-7H,5H2,1-4H3;5-7H,4H2,1-3H3/q6*+1. The first-order valence-electron chi connectivity index (χ1n) is 33.7. The van der Waals surface area contributed by atoms with Crippen molar-refractivity contribution in [1.29, 1.82) is 0 Å². The lowest BCUT2D eigenvalue weighted by Crippen LogP contribution is -2.35. The number of rotatable bonds is 6. The second kappa shape index (κ2) is 28.5. The summed E-state index contributed by atoms with van der Waals surface area (Å²) in [6.07, 6.45) is 1.84. The molecule has 0 saturated heterocycles. The van der Waals surface area contributed by atoms with E-state index in [-0.39, 0.29) is 0 Å². The lowest BCUT2D eigenvalue weighted by atomic mass is 9.97. The maximum absolute atomic E-state index is 4.55. The maximum atomic E-state index is 4.55. The molecule has 492 valence electrons. The molecule has 0 spiro atoms. The van der Waals surface area contributed by atoms with Gasteiger partial charge in [-0.1, -0.05) is 12.1 Å². The molecular weight excluding hydrogens is 1130 g/mol. The smallest absolute Gasteiger partial charge is 0.258 e. The molecule has 8 aromatic heterocycles. The Balaban J connectivity index is 0.000000157. The summed E-state index contributed by atoms with van der Waals surface area (Å²) in [5, 5.41) is 0. The highest BCUT2D eigenvalue weighted by molar-refractivity contribution is 5.84. The Morgan fingerprint density at radius 2 is 0.750 bits per heavy atom. The van der Waals surface area contributed by atoms with Crippen LogP contribution in [0.1, 0.15) is 155 Å². The van der Waals surface area contributed by atoms with Gasteiger partial charge in [0.05, 0.1) is 81.6 Å². The van der Waals surface area contributed by atoms with Crippen molar-refractivity contribution in [2.24, 2.45) is 42.3 Å². The Morgan fingerprint density at radius 3 is 1.27 bits per heavy atom. The molecule has 4 aromatic carbocycles. The predicted molar refractivity (Wildman–Crippen MR) is 383 cm³/mol. The summed E-state index contributed by atoms with van der Waals surface area (Å²) >= 11 is 0. The number of fused-ring (bicyclic) bond motifs is 6. The average Bonchev–Trinajstić information content (AvgIpc) is 1.61. The van der Waals surface area contributed by atoms with Crippen molar-refractivity contribution >= 4 is 66.5 Å². The van der Waals surface area contributed by atoms with Crippen LogP contribution in [-0.2, 0) is 81.6 Å². The molecule has 8 heterocycles. The zero-order valence-corrected chi connectivity index (χ0v) is 63.1. The van der Waals surface area contributed by atoms with Crippen LogP contribution in [0.5, 0.6) is 0 Å². The molecule has 0 N–H and O–H groups in total. The van der Waals surface area contributed by atoms with Crippen molar-refractivity contribution in [3.63, 3.8) is 0 Å². The summed E-state index contributed by atoms with van der Waals surface area (Å²) in [7, 11) is 12.8. The molecule has 0 atom stereocenters. The van der Waals surface area contributed by atoms with Gasteiger partial charge in [-0.05, 0) is 202 Å². The van der Waals surface area contributed by atoms with Crippen molar-refractivity contribution < 1.29 is 27.4 Å². The molecule has 0 bridgehead atoms. The highest BCUT2D eigenvalue weighted by Crippen LogP contribution is 2.30. The van der Waals surface area contributed by atoms with Gasteiger partial charge in [-0.3, -0.25) is 9.13 Å². The molecule has 0 radical (unpaired) electrons. The number of aryl methyl sites for hydroxylation is 23. The molecule has 14 nitrogen and oxygen atoms in total. The first kappa shape index (κ1) is 71.4. The monoisotopic (exact) mass is 1250 g/mol. The molecule has 12 aromatic rings. The van der Waals surface area contributed by atoms with E-state index < -0.39 is 0 Å². The summed E-state index contributed by atoms with van der Waals surface area (Å²) < 4.78 is 27.7. The predicted octanol–water partition coefficient (Wildman–Crippen LogP) is 13.9. The molecule has 0 aliphatic rings. The van der Waals surface area contributed by atoms with Gasteiger partial charge in [-0.2, -0.15) is 0 Å². The van der Waals surface area contributed by atoms with Crippen LogP contribution in [0, 0.1) is 138 Å². The third-order valence-electron chi connectivity index (χ3n) is 21.3. The zero-order valence-electron chi connectivity index (χ0n) is 63.1. The minimum absolute atomic E-state index is 0.994. The van der Waals surface area contributed by atoms with Gasteiger partial charge < -0.3 is 0 Å². The van der Waals surface area contributed by atoms with E-state index in [1.807, 2.05) is 19.2 Å². The van der Waals surface area contributed by atoms with Crippen LogP contribution in [0.2, 0.25) is 0 Å². The van der Waals surface area contributed by atoms with Gasteiger partial charge in [0.1, 0.15) is 11.9 Å². The summed E-state index contributed by atoms with van der Waals surface area (Å²) in [4.78, 5) is 8.90. The normalized spacial score (nSPS) is 11.3. The fraction of sp³-hybridized carbons (Fsp3) is 0.487. The first-order valence-corrected chi connectivity index (χ1v) is 33.7. The molecule has 0 aliphatic heterocycles. The molecule has 0 fully saturated rings. The van der Waals surface area contributed by atoms with Crippen molar-refractivity contribution in [3.8, 4) is 0 Å². The van der Waals surface area contributed by atoms with Crippen LogP contribution in [0.25, 0.3) is 66.5 Å². The lowest BCUT2D eigenvalue weighted by molar-refractivity contribution is -0.675. The lowest BCUT2D eigenvalue weighted by Gasteiger charge is -2.09. The Bertz CT molecular complexity index is 4760. The van der Waals surface area contributed by atoms with Crippen molar-refractivity contribution in [3.05, 3.63) is 162 Å². The van der Waals surface area contributed by atoms with Crippen LogP contribution >= 0.6 is 0 Å². The first-order chi connectivity index (χ1) is 43.3. The van der Waals surface area contributed by atoms with Gasteiger partial charge >= 0.3 is 11.3 Å². The molecule has 0 unspecified atom stereocenters. The molecular formula is C78H116N14+6. The Kier molecular flexibility index (Phi) is 22.1. The highest BCUT2D eigenvalue weighted by atomic mass is 15.2. The van der Waals surface area contributed by atoms with E-state index in [9.17, 15) is 0 Å². The topological polar surface area (TPSA) is 78.6 Å².